The quantitative estimate of drug-likeness (QED) is 0.431. The molecule has 2 aromatic carbocycles. The highest BCUT2D eigenvalue weighted by atomic mass is 19.2. The van der Waals surface area contributed by atoms with E-state index in [2.05, 4.69) is 4.74 Å². The van der Waals surface area contributed by atoms with Gasteiger partial charge in [0.25, 0.3) is 11.8 Å². The maximum absolute atomic E-state index is 14.0. The number of hydrogen-bond donors (Lipinski definition) is 0. The molecular formula is C20H16F3NO4. The van der Waals surface area contributed by atoms with Crippen LogP contribution >= 0.6 is 0 Å². The second kappa shape index (κ2) is 7.84. The van der Waals surface area contributed by atoms with Crippen molar-refractivity contribution >= 4 is 17.8 Å². The van der Waals surface area contributed by atoms with Gasteiger partial charge in [-0.3, -0.25) is 19.3 Å². The van der Waals surface area contributed by atoms with Gasteiger partial charge in [0.1, 0.15) is 5.82 Å². The molecule has 1 unspecified atom stereocenters. The Hall–Kier alpha value is -3.16. The summed E-state index contributed by atoms with van der Waals surface area (Å²) in [5.41, 5.74) is 0.316. The summed E-state index contributed by atoms with van der Waals surface area (Å²) in [6, 6.07) is 7.39. The molecule has 2 aromatic rings. The summed E-state index contributed by atoms with van der Waals surface area (Å²) in [7, 11) is 1.17. The van der Waals surface area contributed by atoms with Crippen LogP contribution in [0.25, 0.3) is 0 Å². The van der Waals surface area contributed by atoms with Crippen LogP contribution in [0.5, 0.6) is 0 Å². The lowest BCUT2D eigenvalue weighted by molar-refractivity contribution is -0.141. The average molecular weight is 391 g/mol. The number of halogens is 3. The average Bonchev–Trinajstić information content (AvgIpc) is 2.91. The minimum atomic E-state index is -1.33. The number of esters is 1. The Morgan fingerprint density at radius 1 is 1.00 bits per heavy atom. The van der Waals surface area contributed by atoms with Crippen LogP contribution in [0.3, 0.4) is 0 Å². The van der Waals surface area contributed by atoms with Crippen LogP contribution in [0.1, 0.15) is 32.7 Å². The van der Waals surface area contributed by atoms with Crippen molar-refractivity contribution in [2.75, 3.05) is 13.7 Å². The number of carbonyl (C=O) groups excluding carboxylic acids is 3. The first kappa shape index (κ1) is 19.6. The standard InChI is InChI=1S/C20H16F3NO4/c1-28-18(25)7-11(6-12-8-16(22)17(23)9-15(12)21)10-24-19(26)13-4-2-3-5-14(13)20(24)27/h2-5,8-9,11H,6-7,10H2,1H3. The van der Waals surface area contributed by atoms with Crippen molar-refractivity contribution in [3.05, 3.63) is 70.5 Å². The van der Waals surface area contributed by atoms with E-state index in [1.54, 1.807) is 12.1 Å². The molecule has 0 saturated carbocycles. The van der Waals surface area contributed by atoms with Gasteiger partial charge in [0.05, 0.1) is 24.7 Å². The summed E-state index contributed by atoms with van der Waals surface area (Å²) < 4.78 is 45.3. The maximum Gasteiger partial charge on any atom is 0.305 e. The van der Waals surface area contributed by atoms with Crippen molar-refractivity contribution in [2.24, 2.45) is 5.92 Å². The van der Waals surface area contributed by atoms with E-state index in [0.29, 0.717) is 12.1 Å². The zero-order chi connectivity index (χ0) is 20.4. The molecule has 0 N–H and O–H groups in total. The molecule has 146 valence electrons. The monoisotopic (exact) mass is 391 g/mol. The normalized spacial score (nSPS) is 14.2. The van der Waals surface area contributed by atoms with Gasteiger partial charge < -0.3 is 4.74 Å². The first-order valence-corrected chi connectivity index (χ1v) is 8.47. The van der Waals surface area contributed by atoms with Crippen molar-refractivity contribution < 1.29 is 32.3 Å². The molecule has 0 aliphatic carbocycles. The van der Waals surface area contributed by atoms with Crippen LogP contribution in [0.2, 0.25) is 0 Å². The lowest BCUT2D eigenvalue weighted by Gasteiger charge is -2.22. The first-order chi connectivity index (χ1) is 13.3. The fraction of sp³-hybridized carbons (Fsp3) is 0.250. The predicted molar refractivity (Wildman–Crippen MR) is 92.0 cm³/mol. The van der Waals surface area contributed by atoms with E-state index in [0.717, 1.165) is 4.90 Å². The number of fused-ring (bicyclic) bond motifs is 1. The summed E-state index contributed by atoms with van der Waals surface area (Å²) >= 11 is 0. The number of imide groups is 1. The minimum absolute atomic E-state index is 0.163. The summed E-state index contributed by atoms with van der Waals surface area (Å²) in [6.45, 7) is -0.195. The van der Waals surface area contributed by atoms with Crippen molar-refractivity contribution in [3.8, 4) is 0 Å². The molecule has 0 fully saturated rings. The molecular weight excluding hydrogens is 375 g/mol. The molecule has 1 aliphatic heterocycles. The fourth-order valence-corrected chi connectivity index (χ4v) is 3.21. The molecule has 2 amide bonds. The molecule has 5 nitrogen and oxygen atoms in total. The van der Waals surface area contributed by atoms with Gasteiger partial charge in [0, 0.05) is 12.6 Å². The van der Waals surface area contributed by atoms with Gasteiger partial charge in [0.2, 0.25) is 0 Å². The van der Waals surface area contributed by atoms with E-state index in [1.165, 1.54) is 19.2 Å². The smallest absolute Gasteiger partial charge is 0.305 e. The number of hydrogen-bond acceptors (Lipinski definition) is 4. The van der Waals surface area contributed by atoms with Gasteiger partial charge in [0.15, 0.2) is 11.6 Å². The Balaban J connectivity index is 1.85. The van der Waals surface area contributed by atoms with Crippen LogP contribution in [0.4, 0.5) is 13.2 Å². The third-order valence-electron chi connectivity index (χ3n) is 4.60. The molecule has 1 aliphatic rings. The molecule has 0 spiro atoms. The van der Waals surface area contributed by atoms with E-state index in [1.807, 2.05) is 0 Å². The third-order valence-corrected chi connectivity index (χ3v) is 4.60. The van der Waals surface area contributed by atoms with Gasteiger partial charge in [-0.25, -0.2) is 13.2 Å². The number of amides is 2. The van der Waals surface area contributed by atoms with Crippen molar-refractivity contribution in [2.45, 2.75) is 12.8 Å². The highest BCUT2D eigenvalue weighted by Crippen LogP contribution is 2.26. The largest absolute Gasteiger partial charge is 0.469 e. The van der Waals surface area contributed by atoms with Crippen molar-refractivity contribution in [3.63, 3.8) is 0 Å². The molecule has 0 aromatic heterocycles. The number of methoxy groups -OCH3 is 1. The third kappa shape index (κ3) is 3.76. The van der Waals surface area contributed by atoms with Gasteiger partial charge in [-0.05, 0) is 36.1 Å². The van der Waals surface area contributed by atoms with Gasteiger partial charge in [-0.1, -0.05) is 12.1 Å². The first-order valence-electron chi connectivity index (χ1n) is 8.47. The minimum Gasteiger partial charge on any atom is -0.469 e. The van der Waals surface area contributed by atoms with Crippen LogP contribution in [0, 0.1) is 23.4 Å². The number of carbonyl (C=O) groups is 3. The van der Waals surface area contributed by atoms with Crippen molar-refractivity contribution in [1.82, 2.24) is 4.90 Å². The summed E-state index contributed by atoms with van der Waals surface area (Å²) in [6.07, 6.45) is -0.423. The Kier molecular flexibility index (Phi) is 5.48. The number of ether oxygens (including phenoxy) is 1. The number of benzene rings is 2. The van der Waals surface area contributed by atoms with Gasteiger partial charge >= 0.3 is 5.97 Å². The topological polar surface area (TPSA) is 63.7 Å². The van der Waals surface area contributed by atoms with E-state index in [-0.39, 0.29) is 36.1 Å². The summed E-state index contributed by atoms with van der Waals surface area (Å²) in [4.78, 5) is 37.7. The Bertz CT molecular complexity index is 925. The van der Waals surface area contributed by atoms with Gasteiger partial charge in [-0.15, -0.1) is 0 Å². The van der Waals surface area contributed by atoms with E-state index >= 15 is 0 Å². The highest BCUT2D eigenvalue weighted by molar-refractivity contribution is 6.21. The van der Waals surface area contributed by atoms with Crippen LogP contribution in [-0.2, 0) is 16.0 Å². The lowest BCUT2D eigenvalue weighted by atomic mass is 9.95. The predicted octanol–water partition coefficient (Wildman–Crippen LogP) is 3.12. The summed E-state index contributed by atoms with van der Waals surface area (Å²) in [5, 5.41) is 0. The molecule has 28 heavy (non-hydrogen) atoms. The maximum atomic E-state index is 14.0. The Morgan fingerprint density at radius 3 is 2.14 bits per heavy atom. The number of rotatable bonds is 6. The zero-order valence-electron chi connectivity index (χ0n) is 14.9. The molecule has 1 atom stereocenters. The number of nitrogens with zero attached hydrogens (tertiary/aromatic N) is 1. The van der Waals surface area contributed by atoms with E-state index in [4.69, 9.17) is 0 Å². The zero-order valence-corrected chi connectivity index (χ0v) is 14.9. The molecule has 0 bridgehead atoms. The second-order valence-corrected chi connectivity index (χ2v) is 6.47. The second-order valence-electron chi connectivity index (χ2n) is 6.47. The molecule has 0 radical (unpaired) electrons. The molecule has 3 rings (SSSR count). The van der Waals surface area contributed by atoms with Crippen LogP contribution in [-0.4, -0.2) is 36.3 Å². The van der Waals surface area contributed by atoms with Gasteiger partial charge in [-0.2, -0.15) is 0 Å². The molecule has 8 heteroatoms. The molecule has 1 heterocycles. The fourth-order valence-electron chi connectivity index (χ4n) is 3.21. The summed E-state index contributed by atoms with van der Waals surface area (Å²) in [5.74, 6) is -5.96. The highest BCUT2D eigenvalue weighted by Gasteiger charge is 2.37. The Morgan fingerprint density at radius 2 is 1.57 bits per heavy atom. The van der Waals surface area contributed by atoms with Crippen molar-refractivity contribution in [1.29, 1.82) is 0 Å². The Labute approximate surface area is 158 Å². The van der Waals surface area contributed by atoms with Crippen LogP contribution in [0.15, 0.2) is 36.4 Å². The van der Waals surface area contributed by atoms with Crippen LogP contribution < -0.4 is 0 Å². The molecule has 0 saturated heterocycles. The van der Waals surface area contributed by atoms with E-state index < -0.39 is 41.2 Å². The lowest BCUT2D eigenvalue weighted by Crippen LogP contribution is -2.36. The SMILES string of the molecule is COC(=O)CC(Cc1cc(F)c(F)cc1F)CN1C(=O)c2ccccc2C1=O. The van der Waals surface area contributed by atoms with E-state index in [9.17, 15) is 27.6 Å².